The fourth-order valence-electron chi connectivity index (χ4n) is 3.07. The number of hydrogen-bond acceptors (Lipinski definition) is 4. The normalized spacial score (nSPS) is 21.6. The van der Waals surface area contributed by atoms with Crippen LogP contribution in [0.25, 0.3) is 0 Å². The van der Waals surface area contributed by atoms with Gasteiger partial charge in [-0.3, -0.25) is 4.99 Å². The number of ether oxygens (including phenoxy) is 1. The van der Waals surface area contributed by atoms with Crippen LogP contribution < -0.4 is 10.6 Å². The van der Waals surface area contributed by atoms with Gasteiger partial charge in [-0.15, -0.1) is 0 Å². The molecule has 0 fully saturated rings. The van der Waals surface area contributed by atoms with Crippen LogP contribution in [0.4, 0.5) is 0 Å². The number of hydrogen-bond donors (Lipinski definition) is 2. The van der Waals surface area contributed by atoms with Crippen LogP contribution in [0.15, 0.2) is 16.6 Å². The molecule has 0 saturated heterocycles. The number of nitrogens with zero attached hydrogens (tertiary/aromatic N) is 4. The van der Waals surface area contributed by atoms with E-state index in [9.17, 15) is 0 Å². The Morgan fingerprint density at radius 1 is 1.48 bits per heavy atom. The van der Waals surface area contributed by atoms with Gasteiger partial charge in [0.2, 0.25) is 0 Å². The number of aryl methyl sites for hydroxylation is 2. The van der Waals surface area contributed by atoms with Gasteiger partial charge < -0.3 is 15.4 Å². The average molecular weight is 318 g/mol. The van der Waals surface area contributed by atoms with E-state index in [2.05, 4.69) is 31.8 Å². The lowest BCUT2D eigenvalue weighted by Crippen LogP contribution is -2.47. The van der Waals surface area contributed by atoms with E-state index in [0.29, 0.717) is 6.04 Å². The fraction of sp³-hybridized carbons (Fsp3) is 0.688. The Balaban J connectivity index is 1.45. The molecule has 1 aromatic rings. The number of nitrogens with one attached hydrogen (secondary N) is 2. The van der Waals surface area contributed by atoms with Crippen LogP contribution in [-0.2, 0) is 17.7 Å². The minimum atomic E-state index is 0.345. The Hall–Kier alpha value is -1.89. The van der Waals surface area contributed by atoms with Crippen LogP contribution >= 0.6 is 0 Å². The van der Waals surface area contributed by atoms with E-state index < -0.39 is 0 Å². The number of rotatable bonds is 4. The molecule has 2 N–H and O–H groups in total. The number of fused-ring (bicyclic) bond motifs is 1. The maximum atomic E-state index is 5.33. The summed E-state index contributed by atoms with van der Waals surface area (Å²) in [5.41, 5.74) is 1.47. The average Bonchev–Trinajstić information content (AvgIpc) is 2.94. The molecule has 7 heteroatoms. The summed E-state index contributed by atoms with van der Waals surface area (Å²) in [6.07, 6.45) is 6.30. The highest BCUT2D eigenvalue weighted by Crippen LogP contribution is 2.13. The van der Waals surface area contributed by atoms with Gasteiger partial charge in [-0.1, -0.05) is 11.6 Å². The molecule has 0 aromatic carbocycles. The quantitative estimate of drug-likeness (QED) is 0.488. The first kappa shape index (κ1) is 16.0. The summed E-state index contributed by atoms with van der Waals surface area (Å²) < 4.78 is 7.34. The lowest BCUT2D eigenvalue weighted by atomic mass is 10.1. The van der Waals surface area contributed by atoms with Crippen molar-refractivity contribution >= 4 is 5.96 Å². The Morgan fingerprint density at radius 3 is 3.17 bits per heavy atom. The summed E-state index contributed by atoms with van der Waals surface area (Å²) in [4.78, 5) is 8.78. The second-order valence-corrected chi connectivity index (χ2v) is 6.07. The molecule has 7 nitrogen and oxygen atoms in total. The zero-order valence-electron chi connectivity index (χ0n) is 14.0. The third-order valence-electron chi connectivity index (χ3n) is 4.32. The molecule has 0 radical (unpaired) electrons. The second kappa shape index (κ2) is 7.59. The lowest BCUT2D eigenvalue weighted by molar-refractivity contribution is 0.153. The monoisotopic (exact) mass is 318 g/mol. The minimum Gasteiger partial charge on any atom is -0.377 e. The SMILES string of the molecule is CN=C(NCCC1=CCOCC1)NC1CCc2nc(C)nn2C1. The van der Waals surface area contributed by atoms with E-state index in [1.807, 2.05) is 18.7 Å². The molecule has 3 heterocycles. The first-order valence-corrected chi connectivity index (χ1v) is 8.38. The van der Waals surface area contributed by atoms with Crippen LogP contribution in [0.2, 0.25) is 0 Å². The van der Waals surface area contributed by atoms with Crippen molar-refractivity contribution in [3.05, 3.63) is 23.3 Å². The molecule has 0 bridgehead atoms. The van der Waals surface area contributed by atoms with E-state index >= 15 is 0 Å². The predicted octanol–water partition coefficient (Wildman–Crippen LogP) is 0.803. The zero-order chi connectivity index (χ0) is 16.1. The number of aliphatic imine (C=N–C) groups is 1. The summed E-state index contributed by atoms with van der Waals surface area (Å²) >= 11 is 0. The van der Waals surface area contributed by atoms with Crippen molar-refractivity contribution in [1.29, 1.82) is 0 Å². The highest BCUT2D eigenvalue weighted by Gasteiger charge is 2.21. The van der Waals surface area contributed by atoms with Gasteiger partial charge in [0.15, 0.2) is 5.96 Å². The molecule has 1 aromatic heterocycles. The molecule has 0 spiro atoms. The Labute approximate surface area is 137 Å². The third-order valence-corrected chi connectivity index (χ3v) is 4.32. The van der Waals surface area contributed by atoms with Gasteiger partial charge in [0, 0.05) is 26.1 Å². The first-order valence-electron chi connectivity index (χ1n) is 8.38. The van der Waals surface area contributed by atoms with Gasteiger partial charge in [-0.05, 0) is 26.2 Å². The van der Waals surface area contributed by atoms with Crippen molar-refractivity contribution < 1.29 is 4.74 Å². The maximum Gasteiger partial charge on any atom is 0.191 e. The van der Waals surface area contributed by atoms with Crippen LogP contribution in [0, 0.1) is 6.92 Å². The van der Waals surface area contributed by atoms with Crippen molar-refractivity contribution in [2.75, 3.05) is 26.8 Å². The molecule has 1 atom stereocenters. The van der Waals surface area contributed by atoms with Gasteiger partial charge in [-0.25, -0.2) is 9.67 Å². The zero-order valence-corrected chi connectivity index (χ0v) is 14.0. The molecule has 0 saturated carbocycles. The molecule has 126 valence electrons. The van der Waals surface area contributed by atoms with Crippen LogP contribution in [-0.4, -0.2) is 53.6 Å². The molecule has 1 unspecified atom stereocenters. The molecule has 3 rings (SSSR count). The van der Waals surface area contributed by atoms with Gasteiger partial charge >= 0.3 is 0 Å². The Kier molecular flexibility index (Phi) is 5.27. The third kappa shape index (κ3) is 4.31. The highest BCUT2D eigenvalue weighted by molar-refractivity contribution is 5.79. The van der Waals surface area contributed by atoms with Crippen molar-refractivity contribution in [2.45, 2.75) is 45.2 Å². The second-order valence-electron chi connectivity index (χ2n) is 6.07. The molecule has 2 aliphatic rings. The fourth-order valence-corrected chi connectivity index (χ4v) is 3.07. The largest absolute Gasteiger partial charge is 0.377 e. The maximum absolute atomic E-state index is 5.33. The topological polar surface area (TPSA) is 76.4 Å². The van der Waals surface area contributed by atoms with Crippen LogP contribution in [0.5, 0.6) is 0 Å². The smallest absolute Gasteiger partial charge is 0.191 e. The molecule has 0 aliphatic carbocycles. The summed E-state index contributed by atoms with van der Waals surface area (Å²) in [7, 11) is 1.82. The standard InChI is InChI=1S/C16H26N6O/c1-12-19-15-4-3-14(11-22(15)21-12)20-16(17-2)18-8-5-13-6-9-23-10-7-13/h6,14H,3-5,7-11H2,1-2H3,(H2,17,18,20). The summed E-state index contributed by atoms with van der Waals surface area (Å²) in [5.74, 6) is 2.81. The molecule has 23 heavy (non-hydrogen) atoms. The summed E-state index contributed by atoms with van der Waals surface area (Å²) in [6, 6.07) is 0.345. The van der Waals surface area contributed by atoms with Gasteiger partial charge in [0.05, 0.1) is 19.8 Å². The Bertz CT molecular complexity index is 591. The predicted molar refractivity (Wildman–Crippen MR) is 89.5 cm³/mol. The van der Waals surface area contributed by atoms with E-state index in [-0.39, 0.29) is 0 Å². The molecule has 0 amide bonds. The minimum absolute atomic E-state index is 0.345. The van der Waals surface area contributed by atoms with Crippen molar-refractivity contribution in [3.63, 3.8) is 0 Å². The molecular formula is C16H26N6O. The summed E-state index contributed by atoms with van der Waals surface area (Å²) in [5, 5.41) is 11.3. The van der Waals surface area contributed by atoms with E-state index in [4.69, 9.17) is 4.74 Å². The lowest BCUT2D eigenvalue weighted by Gasteiger charge is -2.25. The highest BCUT2D eigenvalue weighted by atomic mass is 16.5. The van der Waals surface area contributed by atoms with Crippen molar-refractivity contribution in [3.8, 4) is 0 Å². The van der Waals surface area contributed by atoms with E-state index in [1.54, 1.807) is 0 Å². The van der Waals surface area contributed by atoms with Gasteiger partial charge in [0.25, 0.3) is 0 Å². The Morgan fingerprint density at radius 2 is 2.39 bits per heavy atom. The summed E-state index contributed by atoms with van der Waals surface area (Å²) in [6.45, 7) is 5.29. The molecule has 2 aliphatic heterocycles. The van der Waals surface area contributed by atoms with Crippen molar-refractivity contribution in [1.82, 2.24) is 25.4 Å². The first-order chi connectivity index (χ1) is 11.2. The number of guanidine groups is 1. The van der Waals surface area contributed by atoms with E-state index in [0.717, 1.165) is 69.6 Å². The molecular weight excluding hydrogens is 292 g/mol. The van der Waals surface area contributed by atoms with Gasteiger partial charge in [0.1, 0.15) is 11.6 Å². The van der Waals surface area contributed by atoms with Crippen LogP contribution in [0.1, 0.15) is 30.9 Å². The number of aromatic nitrogens is 3. The van der Waals surface area contributed by atoms with Gasteiger partial charge in [-0.2, -0.15) is 5.10 Å². The van der Waals surface area contributed by atoms with Crippen molar-refractivity contribution in [2.24, 2.45) is 4.99 Å². The van der Waals surface area contributed by atoms with Crippen LogP contribution in [0.3, 0.4) is 0 Å². The van der Waals surface area contributed by atoms with E-state index in [1.165, 1.54) is 5.57 Å².